The molecule has 1 aromatic carbocycles. The van der Waals surface area contributed by atoms with Crippen molar-refractivity contribution < 1.29 is 9.59 Å². The fraction of sp³-hybridized carbons (Fsp3) is 0.438. The number of rotatable bonds is 2. The van der Waals surface area contributed by atoms with E-state index in [1.54, 1.807) is 18.2 Å². The molecule has 1 atom stereocenters. The summed E-state index contributed by atoms with van der Waals surface area (Å²) in [7, 11) is 0. The van der Waals surface area contributed by atoms with E-state index in [1.165, 1.54) is 0 Å². The molecular formula is C16H19N5O3. The Labute approximate surface area is 138 Å². The highest BCUT2D eigenvalue weighted by molar-refractivity contribution is 5.99. The second kappa shape index (κ2) is 5.70. The van der Waals surface area contributed by atoms with E-state index in [-0.39, 0.29) is 24.3 Å². The summed E-state index contributed by atoms with van der Waals surface area (Å²) in [6, 6.07) is 4.41. The van der Waals surface area contributed by atoms with Gasteiger partial charge < -0.3 is 5.32 Å². The summed E-state index contributed by atoms with van der Waals surface area (Å²) in [5.74, 6) is -0.857. The fourth-order valence-corrected chi connectivity index (χ4v) is 2.69. The lowest BCUT2D eigenvalue weighted by Crippen LogP contribution is -2.45. The summed E-state index contributed by atoms with van der Waals surface area (Å²) in [4.78, 5) is 35.8. The zero-order chi connectivity index (χ0) is 17.5. The van der Waals surface area contributed by atoms with Crippen molar-refractivity contribution in [2.45, 2.75) is 45.2 Å². The Morgan fingerprint density at radius 3 is 2.67 bits per heavy atom. The monoisotopic (exact) mass is 329 g/mol. The number of imide groups is 1. The number of benzene rings is 1. The highest BCUT2D eigenvalue weighted by Crippen LogP contribution is 2.20. The van der Waals surface area contributed by atoms with Crippen LogP contribution in [0.3, 0.4) is 0 Å². The SMILES string of the molecule is CC(C)(C)Nc1ccc2c(=O)n(C3CCC(=O)NC3=O)nnc2c1. The molecule has 2 aromatic rings. The average Bonchev–Trinajstić information content (AvgIpc) is 2.47. The van der Waals surface area contributed by atoms with Gasteiger partial charge >= 0.3 is 0 Å². The van der Waals surface area contributed by atoms with Gasteiger partial charge in [0.1, 0.15) is 11.6 Å². The molecule has 1 saturated heterocycles. The van der Waals surface area contributed by atoms with Gasteiger partial charge in [0.25, 0.3) is 11.5 Å². The largest absolute Gasteiger partial charge is 0.380 e. The van der Waals surface area contributed by atoms with E-state index in [1.807, 2.05) is 20.8 Å². The van der Waals surface area contributed by atoms with Gasteiger partial charge in [0, 0.05) is 17.6 Å². The lowest BCUT2D eigenvalue weighted by Gasteiger charge is -2.23. The van der Waals surface area contributed by atoms with Gasteiger partial charge in [-0.05, 0) is 45.4 Å². The van der Waals surface area contributed by atoms with Crippen LogP contribution in [0.5, 0.6) is 0 Å². The van der Waals surface area contributed by atoms with Crippen LogP contribution in [0.4, 0.5) is 5.69 Å². The van der Waals surface area contributed by atoms with E-state index < -0.39 is 17.5 Å². The number of piperidine rings is 1. The Morgan fingerprint density at radius 2 is 2.00 bits per heavy atom. The van der Waals surface area contributed by atoms with E-state index in [9.17, 15) is 14.4 Å². The minimum atomic E-state index is -0.806. The molecule has 1 unspecified atom stereocenters. The zero-order valence-corrected chi connectivity index (χ0v) is 13.8. The van der Waals surface area contributed by atoms with Crippen LogP contribution in [-0.4, -0.2) is 32.3 Å². The van der Waals surface area contributed by atoms with Crippen LogP contribution in [0, 0.1) is 0 Å². The molecule has 0 aliphatic carbocycles. The number of hydrogen-bond acceptors (Lipinski definition) is 6. The van der Waals surface area contributed by atoms with Crippen LogP contribution in [0.25, 0.3) is 10.9 Å². The van der Waals surface area contributed by atoms with Crippen molar-refractivity contribution in [2.75, 3.05) is 5.32 Å². The lowest BCUT2D eigenvalue weighted by atomic mass is 10.1. The number of carbonyl (C=O) groups excluding carboxylic acids is 2. The maximum absolute atomic E-state index is 12.6. The number of hydrogen-bond donors (Lipinski definition) is 2. The number of amides is 2. The van der Waals surface area contributed by atoms with Gasteiger partial charge in [0.2, 0.25) is 5.91 Å². The number of fused-ring (bicyclic) bond motifs is 1. The Morgan fingerprint density at radius 1 is 1.25 bits per heavy atom. The van der Waals surface area contributed by atoms with Crippen LogP contribution in [-0.2, 0) is 9.59 Å². The van der Waals surface area contributed by atoms with E-state index in [4.69, 9.17) is 0 Å². The van der Waals surface area contributed by atoms with E-state index in [0.29, 0.717) is 10.9 Å². The Hall–Kier alpha value is -2.77. The summed E-state index contributed by atoms with van der Waals surface area (Å²) >= 11 is 0. The number of nitrogens with one attached hydrogen (secondary N) is 2. The van der Waals surface area contributed by atoms with Crippen LogP contribution in [0.15, 0.2) is 23.0 Å². The molecule has 8 nitrogen and oxygen atoms in total. The lowest BCUT2D eigenvalue weighted by molar-refractivity contribution is -0.136. The first kappa shape index (κ1) is 16.1. The molecule has 8 heteroatoms. The van der Waals surface area contributed by atoms with Crippen molar-refractivity contribution in [3.8, 4) is 0 Å². The highest BCUT2D eigenvalue weighted by atomic mass is 16.2. The molecule has 1 aromatic heterocycles. The first-order chi connectivity index (χ1) is 11.2. The molecule has 2 amide bonds. The number of carbonyl (C=O) groups is 2. The molecule has 0 bridgehead atoms. The molecule has 0 spiro atoms. The van der Waals surface area contributed by atoms with E-state index in [0.717, 1.165) is 10.4 Å². The zero-order valence-electron chi connectivity index (χ0n) is 13.8. The van der Waals surface area contributed by atoms with Gasteiger partial charge in [-0.15, -0.1) is 5.10 Å². The van der Waals surface area contributed by atoms with Crippen LogP contribution >= 0.6 is 0 Å². The molecular weight excluding hydrogens is 310 g/mol. The maximum Gasteiger partial charge on any atom is 0.278 e. The quantitative estimate of drug-likeness (QED) is 0.796. The summed E-state index contributed by atoms with van der Waals surface area (Å²) < 4.78 is 1.06. The molecule has 2 N–H and O–H groups in total. The van der Waals surface area contributed by atoms with E-state index >= 15 is 0 Å². The summed E-state index contributed by atoms with van der Waals surface area (Å²) in [6.07, 6.45) is 0.422. The molecule has 0 saturated carbocycles. The van der Waals surface area contributed by atoms with Gasteiger partial charge in [-0.25, -0.2) is 0 Å². The molecule has 126 valence electrons. The smallest absolute Gasteiger partial charge is 0.278 e. The Balaban J connectivity index is 2.00. The molecule has 24 heavy (non-hydrogen) atoms. The van der Waals surface area contributed by atoms with Gasteiger partial charge in [0.05, 0.1) is 5.39 Å². The van der Waals surface area contributed by atoms with Crippen molar-refractivity contribution in [2.24, 2.45) is 0 Å². The van der Waals surface area contributed by atoms with Gasteiger partial charge in [0.15, 0.2) is 0 Å². The first-order valence-corrected chi connectivity index (χ1v) is 7.76. The fourth-order valence-electron chi connectivity index (χ4n) is 2.69. The number of nitrogens with zero attached hydrogens (tertiary/aromatic N) is 3. The summed E-state index contributed by atoms with van der Waals surface area (Å²) in [5, 5.41) is 13.9. The molecule has 1 aliphatic rings. The normalized spacial score (nSPS) is 18.5. The highest BCUT2D eigenvalue weighted by Gasteiger charge is 2.30. The summed E-state index contributed by atoms with van der Waals surface area (Å²) in [5.41, 5.74) is 0.778. The van der Waals surface area contributed by atoms with Crippen molar-refractivity contribution >= 4 is 28.4 Å². The van der Waals surface area contributed by atoms with Gasteiger partial charge in [-0.3, -0.25) is 19.7 Å². The molecule has 1 aliphatic heterocycles. The third-order valence-corrected chi connectivity index (χ3v) is 3.71. The Bertz CT molecular complexity index is 881. The van der Waals surface area contributed by atoms with Gasteiger partial charge in [-0.2, -0.15) is 4.68 Å². The average molecular weight is 329 g/mol. The first-order valence-electron chi connectivity index (χ1n) is 7.76. The number of anilines is 1. The summed E-state index contributed by atoms with van der Waals surface area (Å²) in [6.45, 7) is 6.09. The van der Waals surface area contributed by atoms with Crippen molar-refractivity contribution in [3.63, 3.8) is 0 Å². The number of aromatic nitrogens is 3. The minimum Gasteiger partial charge on any atom is -0.380 e. The topological polar surface area (TPSA) is 106 Å². The minimum absolute atomic E-state index is 0.122. The predicted molar refractivity (Wildman–Crippen MR) is 88.6 cm³/mol. The van der Waals surface area contributed by atoms with Crippen LogP contribution in [0.1, 0.15) is 39.7 Å². The third kappa shape index (κ3) is 3.12. The van der Waals surface area contributed by atoms with Gasteiger partial charge in [-0.1, -0.05) is 5.21 Å². The van der Waals surface area contributed by atoms with Crippen molar-refractivity contribution in [3.05, 3.63) is 28.6 Å². The standard InChI is InChI=1S/C16H19N5O3/c1-16(2,3)18-9-4-5-10-11(8-9)19-20-21(15(10)24)12-6-7-13(22)17-14(12)23/h4-5,8,12,18H,6-7H2,1-3H3,(H,17,22,23). The molecule has 3 rings (SSSR count). The third-order valence-electron chi connectivity index (χ3n) is 3.71. The van der Waals surface area contributed by atoms with Crippen molar-refractivity contribution in [1.82, 2.24) is 20.3 Å². The second-order valence-electron chi connectivity index (χ2n) is 6.91. The van der Waals surface area contributed by atoms with Crippen LogP contribution < -0.4 is 16.2 Å². The predicted octanol–water partition coefficient (Wildman–Crippen LogP) is 0.980. The molecule has 0 radical (unpaired) electrons. The molecule has 1 fully saturated rings. The Kier molecular flexibility index (Phi) is 3.82. The van der Waals surface area contributed by atoms with Crippen molar-refractivity contribution in [1.29, 1.82) is 0 Å². The second-order valence-corrected chi connectivity index (χ2v) is 6.91. The maximum atomic E-state index is 12.6. The molecule has 2 heterocycles. The van der Waals surface area contributed by atoms with E-state index in [2.05, 4.69) is 20.9 Å². The van der Waals surface area contributed by atoms with Crippen LogP contribution in [0.2, 0.25) is 0 Å².